The minimum Gasteiger partial charge on any atom is -0.349 e. The van der Waals surface area contributed by atoms with Crippen LogP contribution >= 0.6 is 0 Å². The van der Waals surface area contributed by atoms with Gasteiger partial charge in [-0.25, -0.2) is 0 Å². The monoisotopic (exact) mass is 336 g/mol. The third-order valence-electron chi connectivity index (χ3n) is 4.58. The normalized spacial score (nSPS) is 19.7. The van der Waals surface area contributed by atoms with Crippen LogP contribution < -0.4 is 5.32 Å². The van der Waals surface area contributed by atoms with Crippen molar-refractivity contribution in [1.29, 1.82) is 0 Å². The second kappa shape index (κ2) is 6.03. The van der Waals surface area contributed by atoms with E-state index in [2.05, 4.69) is 5.32 Å². The Morgan fingerprint density at radius 3 is 2.28 bits per heavy atom. The fourth-order valence-corrected chi connectivity index (χ4v) is 3.29. The Morgan fingerprint density at radius 1 is 1.04 bits per heavy atom. The van der Waals surface area contributed by atoms with Crippen molar-refractivity contribution >= 4 is 11.8 Å². The second-order valence-corrected chi connectivity index (χ2v) is 7.70. The van der Waals surface area contributed by atoms with Crippen molar-refractivity contribution in [2.45, 2.75) is 45.3 Å². The zero-order valence-electron chi connectivity index (χ0n) is 15.2. The van der Waals surface area contributed by atoms with Crippen LogP contribution in [0.15, 0.2) is 54.6 Å². The summed E-state index contributed by atoms with van der Waals surface area (Å²) in [5.74, 6) is -0.264. The highest BCUT2D eigenvalue weighted by molar-refractivity contribution is 6.06. The van der Waals surface area contributed by atoms with Gasteiger partial charge in [-0.05, 0) is 44.9 Å². The minimum atomic E-state index is -1.03. The fraction of sp³-hybridized carbons (Fsp3) is 0.333. The van der Waals surface area contributed by atoms with Gasteiger partial charge in [-0.3, -0.25) is 9.59 Å². The van der Waals surface area contributed by atoms with Crippen LogP contribution in [0.5, 0.6) is 0 Å². The average molecular weight is 336 g/mol. The lowest BCUT2D eigenvalue weighted by atomic mass is 9.89. The zero-order valence-corrected chi connectivity index (χ0v) is 15.2. The Labute approximate surface area is 148 Å². The third kappa shape index (κ3) is 3.04. The molecule has 3 rings (SSSR count). The Kier molecular flexibility index (Phi) is 4.15. The molecule has 0 bridgehead atoms. The van der Waals surface area contributed by atoms with Gasteiger partial charge in [0.25, 0.3) is 11.8 Å². The highest BCUT2D eigenvalue weighted by Crippen LogP contribution is 2.40. The summed E-state index contributed by atoms with van der Waals surface area (Å²) in [7, 11) is 0. The van der Waals surface area contributed by atoms with Gasteiger partial charge in [0.1, 0.15) is 5.54 Å². The molecule has 1 aliphatic rings. The predicted octanol–water partition coefficient (Wildman–Crippen LogP) is 3.47. The molecule has 0 aliphatic carbocycles. The van der Waals surface area contributed by atoms with E-state index in [1.54, 1.807) is 11.0 Å². The maximum Gasteiger partial charge on any atom is 0.255 e. The van der Waals surface area contributed by atoms with Gasteiger partial charge in [-0.2, -0.15) is 0 Å². The molecule has 1 aliphatic heterocycles. The van der Waals surface area contributed by atoms with E-state index in [-0.39, 0.29) is 17.4 Å². The minimum absolute atomic E-state index is 0.106. The van der Waals surface area contributed by atoms with Crippen molar-refractivity contribution in [3.63, 3.8) is 0 Å². The molecule has 130 valence electrons. The van der Waals surface area contributed by atoms with Gasteiger partial charge in [0.2, 0.25) is 0 Å². The molecule has 0 aromatic heterocycles. The highest BCUT2D eigenvalue weighted by Gasteiger charge is 2.51. The largest absolute Gasteiger partial charge is 0.349 e. The van der Waals surface area contributed by atoms with Gasteiger partial charge in [0.15, 0.2) is 0 Å². The number of nitrogens with zero attached hydrogens (tertiary/aromatic N) is 1. The van der Waals surface area contributed by atoms with Crippen LogP contribution in [-0.2, 0) is 16.9 Å². The lowest BCUT2D eigenvalue weighted by Gasteiger charge is -2.37. The van der Waals surface area contributed by atoms with Crippen LogP contribution in [0.1, 0.15) is 49.2 Å². The maximum absolute atomic E-state index is 13.2. The molecule has 0 saturated heterocycles. The summed E-state index contributed by atoms with van der Waals surface area (Å²) in [5, 5.41) is 3.05. The first kappa shape index (κ1) is 17.2. The zero-order chi connectivity index (χ0) is 18.2. The molecule has 25 heavy (non-hydrogen) atoms. The van der Waals surface area contributed by atoms with Gasteiger partial charge in [-0.1, -0.05) is 48.5 Å². The SMILES string of the molecule is CC(C)(C)NC(=O)[C@@]1(C)c2ccccc2C(=O)N1Cc1ccccc1. The summed E-state index contributed by atoms with van der Waals surface area (Å²) in [6.07, 6.45) is 0. The lowest BCUT2D eigenvalue weighted by molar-refractivity contribution is -0.133. The second-order valence-electron chi connectivity index (χ2n) is 7.70. The number of hydrogen-bond donors (Lipinski definition) is 1. The van der Waals surface area contributed by atoms with E-state index < -0.39 is 5.54 Å². The van der Waals surface area contributed by atoms with Crippen LogP contribution in [0.2, 0.25) is 0 Å². The molecule has 4 heteroatoms. The van der Waals surface area contributed by atoms with Crippen LogP contribution in [0.4, 0.5) is 0 Å². The fourth-order valence-electron chi connectivity index (χ4n) is 3.29. The van der Waals surface area contributed by atoms with Crippen LogP contribution in [0.3, 0.4) is 0 Å². The first-order chi connectivity index (χ1) is 11.7. The lowest BCUT2D eigenvalue weighted by Crippen LogP contribution is -2.56. The number of fused-ring (bicyclic) bond motifs is 1. The van der Waals surface area contributed by atoms with E-state index in [9.17, 15) is 9.59 Å². The van der Waals surface area contributed by atoms with E-state index in [0.29, 0.717) is 12.1 Å². The van der Waals surface area contributed by atoms with E-state index >= 15 is 0 Å². The summed E-state index contributed by atoms with van der Waals surface area (Å²) < 4.78 is 0. The molecule has 2 aromatic carbocycles. The molecule has 0 saturated carbocycles. The Balaban J connectivity index is 2.06. The third-order valence-corrected chi connectivity index (χ3v) is 4.58. The molecule has 0 radical (unpaired) electrons. The molecule has 0 fully saturated rings. The first-order valence-electron chi connectivity index (χ1n) is 8.51. The first-order valence-corrected chi connectivity index (χ1v) is 8.51. The van der Waals surface area contributed by atoms with Gasteiger partial charge in [0.05, 0.1) is 0 Å². The topological polar surface area (TPSA) is 49.4 Å². The molecule has 1 N–H and O–H groups in total. The van der Waals surface area contributed by atoms with Crippen molar-refractivity contribution in [2.75, 3.05) is 0 Å². The number of rotatable bonds is 3. The number of amides is 2. The summed E-state index contributed by atoms with van der Waals surface area (Å²) in [6.45, 7) is 8.05. The van der Waals surface area contributed by atoms with Crippen molar-refractivity contribution in [3.05, 3.63) is 71.3 Å². The number of carbonyl (C=O) groups excluding carboxylic acids is 2. The molecule has 0 unspecified atom stereocenters. The summed E-state index contributed by atoms with van der Waals surface area (Å²) in [5.41, 5.74) is 0.955. The molecule has 0 spiro atoms. The Morgan fingerprint density at radius 2 is 1.64 bits per heavy atom. The standard InChI is InChI=1S/C21H24N2O2/c1-20(2,3)22-19(25)21(4)17-13-9-8-12-16(17)18(24)23(21)14-15-10-6-5-7-11-15/h5-13H,14H2,1-4H3,(H,22,25)/t21-/m1/s1. The quantitative estimate of drug-likeness (QED) is 0.933. The molecule has 1 heterocycles. The van der Waals surface area contributed by atoms with E-state index in [4.69, 9.17) is 0 Å². The van der Waals surface area contributed by atoms with Gasteiger partial charge in [-0.15, -0.1) is 0 Å². The summed E-state index contributed by atoms with van der Waals surface area (Å²) in [4.78, 5) is 27.9. The number of hydrogen-bond acceptors (Lipinski definition) is 2. The molecule has 2 amide bonds. The highest BCUT2D eigenvalue weighted by atomic mass is 16.2. The summed E-state index contributed by atoms with van der Waals surface area (Å²) in [6, 6.07) is 17.1. The molecular formula is C21H24N2O2. The average Bonchev–Trinajstić information content (AvgIpc) is 2.78. The van der Waals surface area contributed by atoms with Gasteiger partial charge >= 0.3 is 0 Å². The summed E-state index contributed by atoms with van der Waals surface area (Å²) >= 11 is 0. The van der Waals surface area contributed by atoms with Gasteiger partial charge < -0.3 is 10.2 Å². The van der Waals surface area contributed by atoms with Crippen molar-refractivity contribution in [2.24, 2.45) is 0 Å². The number of benzene rings is 2. The van der Waals surface area contributed by atoms with E-state index in [1.807, 2.05) is 76.2 Å². The van der Waals surface area contributed by atoms with Crippen LogP contribution in [-0.4, -0.2) is 22.3 Å². The van der Waals surface area contributed by atoms with Crippen LogP contribution in [0, 0.1) is 0 Å². The molecule has 1 atom stereocenters. The van der Waals surface area contributed by atoms with Gasteiger partial charge in [0, 0.05) is 17.6 Å². The number of carbonyl (C=O) groups is 2. The predicted molar refractivity (Wildman–Crippen MR) is 98.0 cm³/mol. The maximum atomic E-state index is 13.2. The molecule has 2 aromatic rings. The number of nitrogens with one attached hydrogen (secondary N) is 1. The molecule has 4 nitrogen and oxygen atoms in total. The smallest absolute Gasteiger partial charge is 0.255 e. The van der Waals surface area contributed by atoms with Crippen molar-refractivity contribution in [3.8, 4) is 0 Å². The Hall–Kier alpha value is -2.62. The van der Waals surface area contributed by atoms with E-state index in [0.717, 1.165) is 11.1 Å². The van der Waals surface area contributed by atoms with E-state index in [1.165, 1.54) is 0 Å². The molecular weight excluding hydrogens is 312 g/mol. The van der Waals surface area contributed by atoms with Crippen molar-refractivity contribution in [1.82, 2.24) is 10.2 Å². The Bertz CT molecular complexity index is 808. The van der Waals surface area contributed by atoms with Crippen LogP contribution in [0.25, 0.3) is 0 Å². The van der Waals surface area contributed by atoms with Crippen molar-refractivity contribution < 1.29 is 9.59 Å².